The Labute approximate surface area is 200 Å². The first-order valence-electron chi connectivity index (χ1n) is 9.64. The van der Waals surface area contributed by atoms with Gasteiger partial charge in [0, 0.05) is 10.3 Å². The SMILES string of the molecule is COc1ccc(CC(=O)N=C2S[C@H]3CS(=O)(=O)C[C@@H]3N2c2ccc(Cl)cc2Cl)cc1OC. The van der Waals surface area contributed by atoms with Crippen LogP contribution in [-0.2, 0) is 21.1 Å². The number of aliphatic imine (C=N–C) groups is 1. The summed E-state index contributed by atoms with van der Waals surface area (Å²) in [5.74, 6) is 0.742. The van der Waals surface area contributed by atoms with Gasteiger partial charge in [-0.1, -0.05) is 41.0 Å². The van der Waals surface area contributed by atoms with E-state index in [9.17, 15) is 13.2 Å². The largest absolute Gasteiger partial charge is 0.493 e. The molecule has 1 amide bonds. The van der Waals surface area contributed by atoms with Gasteiger partial charge in [-0.2, -0.15) is 4.99 Å². The molecule has 2 aromatic carbocycles. The molecule has 4 rings (SSSR count). The van der Waals surface area contributed by atoms with E-state index in [4.69, 9.17) is 32.7 Å². The molecule has 2 fully saturated rings. The lowest BCUT2D eigenvalue weighted by molar-refractivity contribution is -0.117. The summed E-state index contributed by atoms with van der Waals surface area (Å²) in [6, 6.07) is 9.86. The van der Waals surface area contributed by atoms with Crippen molar-refractivity contribution in [2.45, 2.75) is 17.7 Å². The number of anilines is 1. The van der Waals surface area contributed by atoms with Crippen molar-refractivity contribution in [3.05, 3.63) is 52.0 Å². The summed E-state index contributed by atoms with van der Waals surface area (Å²) in [5, 5.41) is 1.04. The highest BCUT2D eigenvalue weighted by Crippen LogP contribution is 2.43. The van der Waals surface area contributed by atoms with Crippen LogP contribution in [0.3, 0.4) is 0 Å². The molecular formula is C21H20Cl2N2O5S2. The van der Waals surface area contributed by atoms with Crippen LogP contribution in [0, 0.1) is 0 Å². The average molecular weight is 515 g/mol. The highest BCUT2D eigenvalue weighted by Gasteiger charge is 2.49. The number of amidine groups is 1. The molecule has 2 aliphatic heterocycles. The molecule has 0 aromatic heterocycles. The van der Waals surface area contributed by atoms with Crippen molar-refractivity contribution in [3.8, 4) is 11.5 Å². The number of halogens is 2. The van der Waals surface area contributed by atoms with Gasteiger partial charge in [0.2, 0.25) is 0 Å². The molecule has 7 nitrogen and oxygen atoms in total. The zero-order valence-corrected chi connectivity index (χ0v) is 20.4. The number of methoxy groups -OCH3 is 2. The van der Waals surface area contributed by atoms with Crippen LogP contribution in [0.4, 0.5) is 5.69 Å². The summed E-state index contributed by atoms with van der Waals surface area (Å²) in [6.45, 7) is 0. The van der Waals surface area contributed by atoms with Crippen molar-refractivity contribution in [1.29, 1.82) is 0 Å². The minimum atomic E-state index is -3.18. The summed E-state index contributed by atoms with van der Waals surface area (Å²) in [4.78, 5) is 18.9. The molecule has 11 heteroatoms. The van der Waals surface area contributed by atoms with Crippen molar-refractivity contribution in [1.82, 2.24) is 0 Å². The standard InChI is InChI=1S/C21H20Cl2N2O5S2/c1-29-17-6-3-12(7-18(17)30-2)8-20(26)24-21-25(15-5-4-13(22)9-14(15)23)16-10-32(27,28)11-19(16)31-21/h3-7,9,16,19H,8,10-11H2,1-2H3/t16-,19-/m0/s1. The Kier molecular flexibility index (Phi) is 6.63. The van der Waals surface area contributed by atoms with E-state index in [1.165, 1.54) is 18.9 Å². The maximum absolute atomic E-state index is 12.8. The molecule has 0 radical (unpaired) electrons. The van der Waals surface area contributed by atoms with Crippen LogP contribution in [-0.4, -0.2) is 56.5 Å². The Morgan fingerprint density at radius 2 is 1.88 bits per heavy atom. The van der Waals surface area contributed by atoms with Crippen molar-refractivity contribution in [3.63, 3.8) is 0 Å². The highest BCUT2D eigenvalue weighted by molar-refractivity contribution is 8.16. The van der Waals surface area contributed by atoms with E-state index in [1.54, 1.807) is 48.4 Å². The lowest BCUT2D eigenvalue weighted by Gasteiger charge is -2.25. The number of rotatable bonds is 5. The smallest absolute Gasteiger partial charge is 0.252 e. The lowest BCUT2D eigenvalue weighted by Crippen LogP contribution is -2.38. The van der Waals surface area contributed by atoms with Gasteiger partial charge in [-0.15, -0.1) is 0 Å². The first-order valence-corrected chi connectivity index (χ1v) is 13.1. The van der Waals surface area contributed by atoms with Gasteiger partial charge in [0.1, 0.15) is 0 Å². The minimum absolute atomic E-state index is 0.0213. The molecule has 0 bridgehead atoms. The van der Waals surface area contributed by atoms with Gasteiger partial charge in [0.25, 0.3) is 5.91 Å². The van der Waals surface area contributed by atoms with E-state index < -0.39 is 9.84 Å². The second-order valence-electron chi connectivity index (χ2n) is 7.42. The molecule has 0 N–H and O–H groups in total. The van der Waals surface area contributed by atoms with Crippen LogP contribution in [0.15, 0.2) is 41.4 Å². The van der Waals surface area contributed by atoms with E-state index in [1.807, 2.05) is 0 Å². The topological polar surface area (TPSA) is 85.3 Å². The number of hydrogen-bond acceptors (Lipinski definition) is 6. The molecular weight excluding hydrogens is 495 g/mol. The van der Waals surface area contributed by atoms with Crippen molar-refractivity contribution < 1.29 is 22.7 Å². The third kappa shape index (κ3) is 4.71. The van der Waals surface area contributed by atoms with Crippen LogP contribution in [0.2, 0.25) is 10.0 Å². The summed E-state index contributed by atoms with van der Waals surface area (Å²) in [7, 11) is -0.111. The number of carbonyl (C=O) groups is 1. The number of sulfone groups is 1. The number of benzene rings is 2. The molecule has 0 unspecified atom stereocenters. The van der Waals surface area contributed by atoms with Gasteiger partial charge < -0.3 is 14.4 Å². The molecule has 0 saturated carbocycles. The Balaban J connectivity index is 1.64. The molecule has 32 heavy (non-hydrogen) atoms. The van der Waals surface area contributed by atoms with Gasteiger partial charge in [0.15, 0.2) is 26.5 Å². The van der Waals surface area contributed by atoms with Gasteiger partial charge in [-0.05, 0) is 35.9 Å². The third-order valence-electron chi connectivity index (χ3n) is 5.26. The summed E-state index contributed by atoms with van der Waals surface area (Å²) in [6.07, 6.45) is 0.0558. The molecule has 2 saturated heterocycles. The van der Waals surface area contributed by atoms with Gasteiger partial charge in [-0.25, -0.2) is 8.42 Å². The van der Waals surface area contributed by atoms with Gasteiger partial charge >= 0.3 is 0 Å². The first-order chi connectivity index (χ1) is 15.2. The number of fused-ring (bicyclic) bond motifs is 1. The van der Waals surface area contributed by atoms with E-state index >= 15 is 0 Å². The van der Waals surface area contributed by atoms with Crippen molar-refractivity contribution in [2.24, 2.45) is 4.99 Å². The maximum atomic E-state index is 12.8. The van der Waals surface area contributed by atoms with Crippen molar-refractivity contribution >= 4 is 61.6 Å². The zero-order valence-electron chi connectivity index (χ0n) is 17.2. The van der Waals surface area contributed by atoms with Crippen molar-refractivity contribution in [2.75, 3.05) is 30.6 Å². The first kappa shape index (κ1) is 23.2. The van der Waals surface area contributed by atoms with Gasteiger partial charge in [0.05, 0.1) is 48.9 Å². The molecule has 2 heterocycles. The van der Waals surface area contributed by atoms with E-state index in [2.05, 4.69) is 4.99 Å². The van der Waals surface area contributed by atoms with E-state index in [0.29, 0.717) is 32.4 Å². The minimum Gasteiger partial charge on any atom is -0.493 e. The molecule has 2 aromatic rings. The molecule has 2 aliphatic rings. The summed E-state index contributed by atoms with van der Waals surface area (Å²) in [5.41, 5.74) is 1.30. The number of thioether (sulfide) groups is 1. The average Bonchev–Trinajstić information content (AvgIpc) is 3.19. The van der Waals surface area contributed by atoms with Crippen LogP contribution in [0.5, 0.6) is 11.5 Å². The number of carbonyl (C=O) groups excluding carboxylic acids is 1. The fourth-order valence-corrected chi connectivity index (χ4v) is 8.26. The maximum Gasteiger partial charge on any atom is 0.252 e. The lowest BCUT2D eigenvalue weighted by atomic mass is 10.1. The Bertz CT molecular complexity index is 1200. The fourth-order valence-electron chi connectivity index (χ4n) is 3.83. The molecule has 0 spiro atoms. The Morgan fingerprint density at radius 1 is 1.12 bits per heavy atom. The Morgan fingerprint density at radius 3 is 2.56 bits per heavy atom. The van der Waals surface area contributed by atoms with Crippen LogP contribution in [0.25, 0.3) is 0 Å². The van der Waals surface area contributed by atoms with Crippen LogP contribution < -0.4 is 14.4 Å². The second kappa shape index (κ2) is 9.13. The number of hydrogen-bond donors (Lipinski definition) is 0. The quantitative estimate of drug-likeness (QED) is 0.598. The normalized spacial score (nSPS) is 22.8. The summed E-state index contributed by atoms with van der Waals surface area (Å²) < 4.78 is 35.0. The third-order valence-corrected chi connectivity index (χ3v) is 9.01. The van der Waals surface area contributed by atoms with Gasteiger partial charge in [-0.3, -0.25) is 4.79 Å². The molecule has 170 valence electrons. The number of amides is 1. The monoisotopic (exact) mass is 514 g/mol. The Hall–Kier alpha value is -1.94. The molecule has 2 atom stereocenters. The predicted octanol–water partition coefficient (Wildman–Crippen LogP) is 3.85. The van der Waals surface area contributed by atoms with E-state index in [-0.39, 0.29) is 35.1 Å². The second-order valence-corrected chi connectivity index (χ2v) is 11.6. The number of ether oxygens (including phenoxy) is 2. The van der Waals surface area contributed by atoms with Crippen LogP contribution >= 0.6 is 35.0 Å². The zero-order chi connectivity index (χ0) is 23.0. The molecule has 0 aliphatic carbocycles. The summed E-state index contributed by atoms with van der Waals surface area (Å²) >= 11 is 13.7. The highest BCUT2D eigenvalue weighted by atomic mass is 35.5. The fraction of sp³-hybridized carbons (Fsp3) is 0.333. The van der Waals surface area contributed by atoms with Crippen LogP contribution in [0.1, 0.15) is 5.56 Å². The predicted molar refractivity (Wildman–Crippen MR) is 128 cm³/mol. The number of nitrogens with zero attached hydrogens (tertiary/aromatic N) is 2. The van der Waals surface area contributed by atoms with E-state index in [0.717, 1.165) is 5.56 Å².